The van der Waals surface area contributed by atoms with Crippen molar-refractivity contribution in [3.8, 4) is 0 Å². The number of halogens is 4. The molecule has 1 amide bonds. The van der Waals surface area contributed by atoms with E-state index in [1.807, 2.05) is 6.92 Å². The Morgan fingerprint density at radius 1 is 1.13 bits per heavy atom. The molecule has 0 fully saturated rings. The van der Waals surface area contributed by atoms with Crippen LogP contribution in [0, 0.1) is 0 Å². The third kappa shape index (κ3) is 3.74. The van der Waals surface area contributed by atoms with Crippen LogP contribution in [0.25, 0.3) is 16.7 Å². The third-order valence-electron chi connectivity index (χ3n) is 4.77. The van der Waals surface area contributed by atoms with Gasteiger partial charge in [0.2, 0.25) is 11.6 Å². The fourth-order valence-corrected chi connectivity index (χ4v) is 3.50. The molecule has 0 aliphatic heterocycles. The molecular weight excluding hydrogens is 435 g/mol. The molecule has 2 aromatic carbocycles. The van der Waals surface area contributed by atoms with Crippen LogP contribution >= 0.6 is 11.6 Å². The van der Waals surface area contributed by atoms with Gasteiger partial charge in [-0.2, -0.15) is 13.2 Å². The maximum atomic E-state index is 13.0. The zero-order valence-electron chi connectivity index (χ0n) is 16.1. The average Bonchev–Trinajstić information content (AvgIpc) is 3.16. The number of aryl methyl sites for hydroxylation is 1. The van der Waals surface area contributed by atoms with Gasteiger partial charge in [-0.05, 0) is 30.3 Å². The van der Waals surface area contributed by atoms with E-state index in [2.05, 4.69) is 15.5 Å². The summed E-state index contributed by atoms with van der Waals surface area (Å²) in [6, 6.07) is 9.54. The minimum absolute atomic E-state index is 0.0560. The number of para-hydroxylation sites is 2. The number of rotatable bonds is 4. The predicted molar refractivity (Wildman–Crippen MR) is 109 cm³/mol. The van der Waals surface area contributed by atoms with Crippen LogP contribution in [0.5, 0.6) is 0 Å². The summed E-state index contributed by atoms with van der Waals surface area (Å²) in [4.78, 5) is 25.6. The molecule has 0 radical (unpaired) electrons. The molecule has 0 spiro atoms. The Kier molecular flexibility index (Phi) is 5.18. The molecule has 0 saturated carbocycles. The van der Waals surface area contributed by atoms with Crippen molar-refractivity contribution >= 4 is 39.9 Å². The lowest BCUT2D eigenvalue weighted by molar-refractivity contribution is -0.137. The Balaban J connectivity index is 1.75. The number of hydrogen-bond donors (Lipinski definition) is 1. The zero-order chi connectivity index (χ0) is 22.3. The lowest BCUT2D eigenvalue weighted by Gasteiger charge is -2.14. The first kappa shape index (κ1) is 20.9. The van der Waals surface area contributed by atoms with E-state index < -0.39 is 29.8 Å². The van der Waals surface area contributed by atoms with Crippen molar-refractivity contribution in [3.05, 3.63) is 69.2 Å². The van der Waals surface area contributed by atoms with Crippen LogP contribution in [0.1, 0.15) is 18.3 Å². The molecule has 4 rings (SSSR count). The number of carbonyl (C=O) groups is 1. The number of aromatic nitrogens is 4. The number of amides is 1. The van der Waals surface area contributed by atoms with Crippen molar-refractivity contribution in [2.75, 3.05) is 5.32 Å². The smallest absolute Gasteiger partial charge is 0.323 e. The standard InChI is InChI=1S/C20H15ClF3N5O2/c1-2-16-26-27-18-19(31)28(14-5-3-4-6-15(14)29(16)18)10-17(30)25-13-9-11(20(22,23)24)7-8-12(13)21/h3-9H,2,10H2,1H3,(H,25,30). The summed E-state index contributed by atoms with van der Waals surface area (Å²) in [6.07, 6.45) is -4.05. The number of nitrogens with one attached hydrogen (secondary N) is 1. The number of nitrogens with zero attached hydrogens (tertiary/aromatic N) is 4. The molecule has 7 nitrogen and oxygen atoms in total. The average molecular weight is 450 g/mol. The fourth-order valence-electron chi connectivity index (χ4n) is 3.34. The van der Waals surface area contributed by atoms with Crippen molar-refractivity contribution in [1.82, 2.24) is 19.2 Å². The molecule has 0 aliphatic carbocycles. The van der Waals surface area contributed by atoms with Gasteiger partial charge in [0.1, 0.15) is 12.4 Å². The maximum Gasteiger partial charge on any atom is 0.416 e. The van der Waals surface area contributed by atoms with Crippen molar-refractivity contribution in [2.45, 2.75) is 26.1 Å². The summed E-state index contributed by atoms with van der Waals surface area (Å²) < 4.78 is 41.8. The van der Waals surface area contributed by atoms with Gasteiger partial charge >= 0.3 is 6.18 Å². The van der Waals surface area contributed by atoms with Crippen LogP contribution in [-0.2, 0) is 23.9 Å². The lowest BCUT2D eigenvalue weighted by atomic mass is 10.2. The number of fused-ring (bicyclic) bond motifs is 3. The van der Waals surface area contributed by atoms with Crippen molar-refractivity contribution < 1.29 is 18.0 Å². The molecular formula is C20H15ClF3N5O2. The van der Waals surface area contributed by atoms with Crippen LogP contribution in [0.3, 0.4) is 0 Å². The molecule has 0 aliphatic rings. The van der Waals surface area contributed by atoms with E-state index in [9.17, 15) is 22.8 Å². The number of benzene rings is 2. The van der Waals surface area contributed by atoms with Crippen LogP contribution in [-0.4, -0.2) is 25.1 Å². The molecule has 0 saturated heterocycles. The topological polar surface area (TPSA) is 81.3 Å². The van der Waals surface area contributed by atoms with Crippen LogP contribution in [0.2, 0.25) is 5.02 Å². The summed E-state index contributed by atoms with van der Waals surface area (Å²) in [6.45, 7) is 1.43. The van der Waals surface area contributed by atoms with Gasteiger partial charge in [-0.1, -0.05) is 30.7 Å². The molecule has 2 heterocycles. The van der Waals surface area contributed by atoms with Gasteiger partial charge in [0.25, 0.3) is 5.56 Å². The normalized spacial score (nSPS) is 11.9. The van der Waals surface area contributed by atoms with Gasteiger partial charge in [-0.3, -0.25) is 18.6 Å². The number of carbonyl (C=O) groups excluding carboxylic acids is 1. The highest BCUT2D eigenvalue weighted by Crippen LogP contribution is 2.33. The fraction of sp³-hybridized carbons (Fsp3) is 0.200. The Morgan fingerprint density at radius 2 is 1.84 bits per heavy atom. The van der Waals surface area contributed by atoms with Crippen molar-refractivity contribution in [1.29, 1.82) is 0 Å². The molecule has 0 unspecified atom stereocenters. The summed E-state index contributed by atoms with van der Waals surface area (Å²) in [5.41, 5.74) is -0.553. The van der Waals surface area contributed by atoms with E-state index in [1.54, 1.807) is 28.7 Å². The van der Waals surface area contributed by atoms with Crippen molar-refractivity contribution in [2.24, 2.45) is 0 Å². The SMILES string of the molecule is CCc1nnc2c(=O)n(CC(=O)Nc3cc(C(F)(F)F)ccc3Cl)c3ccccc3n12. The van der Waals surface area contributed by atoms with Crippen LogP contribution < -0.4 is 10.9 Å². The molecule has 160 valence electrons. The highest BCUT2D eigenvalue weighted by atomic mass is 35.5. The van der Waals surface area contributed by atoms with Gasteiger partial charge in [0.05, 0.1) is 27.3 Å². The van der Waals surface area contributed by atoms with E-state index in [4.69, 9.17) is 11.6 Å². The van der Waals surface area contributed by atoms with Crippen LogP contribution in [0.15, 0.2) is 47.3 Å². The zero-order valence-corrected chi connectivity index (χ0v) is 16.8. The summed E-state index contributed by atoms with van der Waals surface area (Å²) in [7, 11) is 0. The minimum Gasteiger partial charge on any atom is -0.323 e. The second kappa shape index (κ2) is 7.69. The molecule has 0 atom stereocenters. The van der Waals surface area contributed by atoms with E-state index >= 15 is 0 Å². The largest absolute Gasteiger partial charge is 0.416 e. The number of anilines is 1. The first-order valence-electron chi connectivity index (χ1n) is 9.23. The summed E-state index contributed by atoms with van der Waals surface area (Å²) >= 11 is 5.94. The monoisotopic (exact) mass is 449 g/mol. The van der Waals surface area contributed by atoms with Crippen LogP contribution in [0.4, 0.5) is 18.9 Å². The third-order valence-corrected chi connectivity index (χ3v) is 5.10. The predicted octanol–water partition coefficient (Wildman–Crippen LogP) is 3.92. The van der Waals surface area contributed by atoms with Gasteiger partial charge in [-0.15, -0.1) is 10.2 Å². The van der Waals surface area contributed by atoms with Gasteiger partial charge in [0, 0.05) is 6.42 Å². The Bertz CT molecular complexity index is 1380. The Hall–Kier alpha value is -3.40. The quantitative estimate of drug-likeness (QED) is 0.512. The van der Waals surface area contributed by atoms with E-state index in [-0.39, 0.29) is 16.4 Å². The van der Waals surface area contributed by atoms with E-state index in [0.29, 0.717) is 23.3 Å². The highest BCUT2D eigenvalue weighted by Gasteiger charge is 2.31. The Labute approximate surface area is 178 Å². The molecule has 2 aromatic heterocycles. The highest BCUT2D eigenvalue weighted by molar-refractivity contribution is 6.33. The van der Waals surface area contributed by atoms with E-state index in [0.717, 1.165) is 18.2 Å². The molecule has 1 N–H and O–H groups in total. The minimum atomic E-state index is -4.59. The first-order valence-corrected chi connectivity index (χ1v) is 9.60. The molecule has 11 heteroatoms. The molecule has 31 heavy (non-hydrogen) atoms. The van der Waals surface area contributed by atoms with Gasteiger partial charge in [-0.25, -0.2) is 0 Å². The summed E-state index contributed by atoms with van der Waals surface area (Å²) in [5.74, 6) is -0.122. The van der Waals surface area contributed by atoms with Crippen molar-refractivity contribution in [3.63, 3.8) is 0 Å². The number of hydrogen-bond acceptors (Lipinski definition) is 4. The van der Waals surface area contributed by atoms with Gasteiger partial charge < -0.3 is 5.32 Å². The second-order valence-corrected chi connectivity index (χ2v) is 7.16. The van der Waals surface area contributed by atoms with E-state index in [1.165, 1.54) is 4.57 Å². The van der Waals surface area contributed by atoms with Gasteiger partial charge in [0.15, 0.2) is 0 Å². The Morgan fingerprint density at radius 3 is 2.52 bits per heavy atom. The number of alkyl halides is 3. The second-order valence-electron chi connectivity index (χ2n) is 6.75. The molecule has 0 bridgehead atoms. The molecule has 4 aromatic rings. The maximum absolute atomic E-state index is 13.0. The summed E-state index contributed by atoms with van der Waals surface area (Å²) in [5, 5.41) is 10.3. The lowest BCUT2D eigenvalue weighted by Crippen LogP contribution is -2.29. The first-order chi connectivity index (χ1) is 14.7.